The minimum atomic E-state index is 0.668. The van der Waals surface area contributed by atoms with Gasteiger partial charge in [0.15, 0.2) is 0 Å². The molecule has 2 aliphatic rings. The lowest BCUT2D eigenvalue weighted by Crippen LogP contribution is -2.38. The summed E-state index contributed by atoms with van der Waals surface area (Å²) in [4.78, 5) is 6.96. The van der Waals surface area contributed by atoms with Crippen LogP contribution in [0.2, 0.25) is 0 Å². The van der Waals surface area contributed by atoms with Crippen molar-refractivity contribution in [1.29, 1.82) is 0 Å². The van der Waals surface area contributed by atoms with E-state index in [0.29, 0.717) is 12.1 Å². The summed E-state index contributed by atoms with van der Waals surface area (Å²) in [6.45, 7) is 0.961. The van der Waals surface area contributed by atoms with E-state index in [4.69, 9.17) is 0 Å². The molecule has 0 spiro atoms. The summed E-state index contributed by atoms with van der Waals surface area (Å²) in [5, 5.41) is 3.61. The number of halogens is 1. The second-order valence-corrected chi connectivity index (χ2v) is 5.87. The molecular formula is C12H16IN3. The molecule has 1 aliphatic carbocycles. The van der Waals surface area contributed by atoms with E-state index >= 15 is 0 Å². The third kappa shape index (κ3) is 1.93. The normalized spacial score (nSPS) is 29.2. The third-order valence-corrected chi connectivity index (χ3v) is 4.30. The van der Waals surface area contributed by atoms with Crippen LogP contribution in [0.5, 0.6) is 0 Å². The highest BCUT2D eigenvalue weighted by Crippen LogP contribution is 2.29. The molecule has 3 rings (SSSR count). The van der Waals surface area contributed by atoms with Crippen molar-refractivity contribution in [3.63, 3.8) is 0 Å². The lowest BCUT2D eigenvalue weighted by molar-refractivity contribution is 0.388. The SMILES string of the molecule is Ic1ccc(N2CNC3CCCCC32)nc1. The fourth-order valence-electron chi connectivity index (χ4n) is 2.84. The van der Waals surface area contributed by atoms with Crippen molar-refractivity contribution in [3.8, 4) is 0 Å². The van der Waals surface area contributed by atoms with Crippen molar-refractivity contribution < 1.29 is 0 Å². The molecule has 4 heteroatoms. The number of aromatic nitrogens is 1. The molecule has 0 amide bonds. The predicted octanol–water partition coefficient (Wildman–Crippen LogP) is 2.36. The van der Waals surface area contributed by atoms with Gasteiger partial charge in [0.05, 0.1) is 6.67 Å². The van der Waals surface area contributed by atoms with Gasteiger partial charge in [-0.3, -0.25) is 5.32 Å². The summed E-state index contributed by atoms with van der Waals surface area (Å²) in [5.74, 6) is 1.13. The zero-order chi connectivity index (χ0) is 11.0. The number of pyridine rings is 1. The molecule has 1 aliphatic heterocycles. The van der Waals surface area contributed by atoms with Crippen molar-refractivity contribution >= 4 is 28.4 Å². The van der Waals surface area contributed by atoms with Gasteiger partial charge in [-0.25, -0.2) is 4.98 Å². The molecule has 1 aromatic rings. The van der Waals surface area contributed by atoms with Gasteiger partial charge in [0.1, 0.15) is 5.82 Å². The minimum Gasteiger partial charge on any atom is -0.339 e. The summed E-state index contributed by atoms with van der Waals surface area (Å²) < 4.78 is 1.20. The first-order chi connectivity index (χ1) is 7.84. The lowest BCUT2D eigenvalue weighted by atomic mass is 9.91. The Morgan fingerprint density at radius 2 is 2.19 bits per heavy atom. The van der Waals surface area contributed by atoms with E-state index < -0.39 is 0 Å². The second-order valence-electron chi connectivity index (χ2n) is 4.62. The molecule has 2 atom stereocenters. The lowest BCUT2D eigenvalue weighted by Gasteiger charge is -2.31. The van der Waals surface area contributed by atoms with Gasteiger partial charge in [0, 0.05) is 21.9 Å². The monoisotopic (exact) mass is 329 g/mol. The van der Waals surface area contributed by atoms with E-state index in [1.54, 1.807) is 0 Å². The first-order valence-corrected chi connectivity index (χ1v) is 7.04. The molecule has 1 saturated heterocycles. The van der Waals surface area contributed by atoms with Crippen LogP contribution >= 0.6 is 22.6 Å². The highest BCUT2D eigenvalue weighted by Gasteiger charge is 2.35. The number of fused-ring (bicyclic) bond motifs is 1. The zero-order valence-corrected chi connectivity index (χ0v) is 11.4. The molecule has 2 heterocycles. The van der Waals surface area contributed by atoms with Gasteiger partial charge in [-0.05, 0) is 47.6 Å². The van der Waals surface area contributed by atoms with Crippen LogP contribution in [0.4, 0.5) is 5.82 Å². The van der Waals surface area contributed by atoms with Gasteiger partial charge in [-0.1, -0.05) is 12.8 Å². The Morgan fingerprint density at radius 1 is 1.31 bits per heavy atom. The van der Waals surface area contributed by atoms with Crippen LogP contribution in [-0.4, -0.2) is 23.7 Å². The fraction of sp³-hybridized carbons (Fsp3) is 0.583. The Labute approximate surface area is 110 Å². The topological polar surface area (TPSA) is 28.2 Å². The maximum absolute atomic E-state index is 4.53. The molecule has 0 radical (unpaired) electrons. The largest absolute Gasteiger partial charge is 0.339 e. The van der Waals surface area contributed by atoms with Gasteiger partial charge in [0.25, 0.3) is 0 Å². The molecule has 2 fully saturated rings. The van der Waals surface area contributed by atoms with E-state index in [9.17, 15) is 0 Å². The van der Waals surface area contributed by atoms with E-state index in [0.717, 1.165) is 12.5 Å². The number of anilines is 1. The molecule has 16 heavy (non-hydrogen) atoms. The average molecular weight is 329 g/mol. The average Bonchev–Trinajstić information content (AvgIpc) is 2.74. The predicted molar refractivity (Wildman–Crippen MR) is 73.5 cm³/mol. The summed E-state index contributed by atoms with van der Waals surface area (Å²) in [6, 6.07) is 5.63. The number of hydrogen-bond acceptors (Lipinski definition) is 3. The summed E-state index contributed by atoms with van der Waals surface area (Å²) in [7, 11) is 0. The molecule has 0 aromatic carbocycles. The third-order valence-electron chi connectivity index (χ3n) is 3.66. The van der Waals surface area contributed by atoms with Crippen LogP contribution < -0.4 is 10.2 Å². The van der Waals surface area contributed by atoms with E-state index in [1.807, 2.05) is 6.20 Å². The highest BCUT2D eigenvalue weighted by atomic mass is 127. The van der Waals surface area contributed by atoms with Crippen LogP contribution in [0.25, 0.3) is 0 Å². The zero-order valence-electron chi connectivity index (χ0n) is 9.19. The first-order valence-electron chi connectivity index (χ1n) is 5.96. The molecule has 2 unspecified atom stereocenters. The highest BCUT2D eigenvalue weighted by molar-refractivity contribution is 14.1. The second kappa shape index (κ2) is 4.49. The van der Waals surface area contributed by atoms with Crippen LogP contribution in [0, 0.1) is 3.57 Å². The number of nitrogens with one attached hydrogen (secondary N) is 1. The van der Waals surface area contributed by atoms with Crippen LogP contribution in [0.1, 0.15) is 25.7 Å². The molecule has 1 saturated carbocycles. The van der Waals surface area contributed by atoms with Gasteiger partial charge in [-0.15, -0.1) is 0 Å². The smallest absolute Gasteiger partial charge is 0.129 e. The maximum atomic E-state index is 4.53. The molecule has 3 nitrogen and oxygen atoms in total. The minimum absolute atomic E-state index is 0.668. The fourth-order valence-corrected chi connectivity index (χ4v) is 3.16. The quantitative estimate of drug-likeness (QED) is 0.802. The Balaban J connectivity index is 1.82. The standard InChI is InChI=1S/C12H16IN3/c13-9-5-6-12(14-7-9)16-8-15-10-3-1-2-4-11(10)16/h5-7,10-11,15H,1-4,8H2. The Hall–Kier alpha value is -0.360. The summed E-state index contributed by atoms with van der Waals surface area (Å²) in [6.07, 6.45) is 7.33. The Morgan fingerprint density at radius 3 is 3.00 bits per heavy atom. The van der Waals surface area contributed by atoms with E-state index in [2.05, 4.69) is 49.9 Å². The van der Waals surface area contributed by atoms with E-state index in [-0.39, 0.29) is 0 Å². The van der Waals surface area contributed by atoms with Crippen molar-refractivity contribution in [1.82, 2.24) is 10.3 Å². The maximum Gasteiger partial charge on any atom is 0.129 e. The Kier molecular flexibility index (Phi) is 3.02. The first kappa shape index (κ1) is 10.8. The van der Waals surface area contributed by atoms with Gasteiger partial charge < -0.3 is 4.90 Å². The number of hydrogen-bond donors (Lipinski definition) is 1. The van der Waals surface area contributed by atoms with E-state index in [1.165, 1.54) is 29.3 Å². The van der Waals surface area contributed by atoms with Crippen molar-refractivity contribution in [2.24, 2.45) is 0 Å². The van der Waals surface area contributed by atoms with Crippen molar-refractivity contribution in [2.45, 2.75) is 37.8 Å². The van der Waals surface area contributed by atoms with Gasteiger partial charge in [0.2, 0.25) is 0 Å². The van der Waals surface area contributed by atoms with Crippen LogP contribution in [0.3, 0.4) is 0 Å². The molecule has 1 aromatic heterocycles. The number of nitrogens with zero attached hydrogens (tertiary/aromatic N) is 2. The van der Waals surface area contributed by atoms with Gasteiger partial charge in [-0.2, -0.15) is 0 Å². The number of rotatable bonds is 1. The molecule has 86 valence electrons. The molecule has 1 N–H and O–H groups in total. The summed E-state index contributed by atoms with van der Waals surface area (Å²) in [5.41, 5.74) is 0. The Bertz CT molecular complexity index is 365. The van der Waals surface area contributed by atoms with Crippen molar-refractivity contribution in [3.05, 3.63) is 21.9 Å². The van der Waals surface area contributed by atoms with Crippen LogP contribution in [0.15, 0.2) is 18.3 Å². The van der Waals surface area contributed by atoms with Crippen molar-refractivity contribution in [2.75, 3.05) is 11.6 Å². The molecular weight excluding hydrogens is 313 g/mol. The van der Waals surface area contributed by atoms with Gasteiger partial charge >= 0.3 is 0 Å². The van der Waals surface area contributed by atoms with Crippen LogP contribution in [-0.2, 0) is 0 Å². The summed E-state index contributed by atoms with van der Waals surface area (Å²) >= 11 is 2.30. The molecule has 0 bridgehead atoms.